The van der Waals surface area contributed by atoms with Gasteiger partial charge in [-0.2, -0.15) is 0 Å². The van der Waals surface area contributed by atoms with Crippen molar-refractivity contribution in [1.82, 2.24) is 19.8 Å². The van der Waals surface area contributed by atoms with Crippen LogP contribution in [0.5, 0.6) is 0 Å². The standard InChI is InChI=1S/C26H34N4O2/c1-4-17-29(18-5-2)25(31)19-30-23-10-7-6-9-22(23)28-24(30)11-8-16-27-26(32)21-14-12-20(3)13-15-21/h6-7,9-10,12-15H,4-5,8,11,16-19H2,1-3H3,(H,27,32). The monoisotopic (exact) mass is 434 g/mol. The van der Waals surface area contributed by atoms with Crippen molar-refractivity contribution in [2.24, 2.45) is 0 Å². The van der Waals surface area contributed by atoms with Crippen molar-refractivity contribution in [3.63, 3.8) is 0 Å². The van der Waals surface area contributed by atoms with Crippen LogP contribution >= 0.6 is 0 Å². The van der Waals surface area contributed by atoms with E-state index in [0.29, 0.717) is 25.1 Å². The van der Waals surface area contributed by atoms with Crippen molar-refractivity contribution >= 4 is 22.8 Å². The molecule has 6 heteroatoms. The fourth-order valence-corrected chi connectivity index (χ4v) is 3.88. The van der Waals surface area contributed by atoms with Gasteiger partial charge >= 0.3 is 0 Å². The van der Waals surface area contributed by atoms with Crippen LogP contribution < -0.4 is 5.32 Å². The molecule has 1 N–H and O–H groups in total. The van der Waals surface area contributed by atoms with Gasteiger partial charge in [-0.15, -0.1) is 0 Å². The summed E-state index contributed by atoms with van der Waals surface area (Å²) in [5.41, 5.74) is 3.68. The van der Waals surface area contributed by atoms with Gasteiger partial charge in [0.1, 0.15) is 12.4 Å². The number of benzene rings is 2. The number of aromatic nitrogens is 2. The van der Waals surface area contributed by atoms with Gasteiger partial charge in [0, 0.05) is 31.6 Å². The fraction of sp³-hybridized carbons (Fsp3) is 0.423. The Balaban J connectivity index is 1.66. The summed E-state index contributed by atoms with van der Waals surface area (Å²) in [5, 5.41) is 2.98. The second kappa shape index (κ2) is 11.5. The highest BCUT2D eigenvalue weighted by Crippen LogP contribution is 2.18. The van der Waals surface area contributed by atoms with Crippen LogP contribution in [0, 0.1) is 6.92 Å². The Morgan fingerprint density at radius 3 is 2.38 bits per heavy atom. The molecule has 0 aliphatic rings. The van der Waals surface area contributed by atoms with Crippen molar-refractivity contribution in [1.29, 1.82) is 0 Å². The van der Waals surface area contributed by atoms with Gasteiger partial charge in [0.25, 0.3) is 5.91 Å². The number of amides is 2. The average Bonchev–Trinajstić information content (AvgIpc) is 3.14. The highest BCUT2D eigenvalue weighted by atomic mass is 16.2. The molecule has 6 nitrogen and oxygen atoms in total. The summed E-state index contributed by atoms with van der Waals surface area (Å²) in [7, 11) is 0. The quantitative estimate of drug-likeness (QED) is 0.456. The summed E-state index contributed by atoms with van der Waals surface area (Å²) in [4.78, 5) is 32.1. The Labute approximate surface area is 190 Å². The number of rotatable bonds is 11. The molecule has 0 saturated carbocycles. The highest BCUT2D eigenvalue weighted by molar-refractivity contribution is 5.94. The molecule has 0 aliphatic carbocycles. The van der Waals surface area contributed by atoms with Gasteiger partial charge in [0.05, 0.1) is 11.0 Å². The SMILES string of the molecule is CCCN(CCC)C(=O)Cn1c(CCCNC(=O)c2ccc(C)cc2)nc2ccccc21. The molecule has 0 saturated heterocycles. The van der Waals surface area contributed by atoms with E-state index in [9.17, 15) is 9.59 Å². The minimum atomic E-state index is -0.0662. The van der Waals surface area contributed by atoms with Crippen molar-refractivity contribution in [2.45, 2.75) is 53.0 Å². The Kier molecular flexibility index (Phi) is 8.42. The number of hydrogen-bond acceptors (Lipinski definition) is 3. The predicted octanol–water partition coefficient (Wildman–Crippen LogP) is 4.36. The van der Waals surface area contributed by atoms with E-state index in [1.165, 1.54) is 0 Å². The Bertz CT molecular complexity index is 1030. The first-order chi connectivity index (χ1) is 15.5. The van der Waals surface area contributed by atoms with Gasteiger partial charge in [0.2, 0.25) is 5.91 Å². The van der Waals surface area contributed by atoms with E-state index < -0.39 is 0 Å². The third-order valence-corrected chi connectivity index (χ3v) is 5.54. The van der Waals surface area contributed by atoms with Gasteiger partial charge in [-0.1, -0.05) is 43.7 Å². The summed E-state index contributed by atoms with van der Waals surface area (Å²) in [6, 6.07) is 15.5. The number of imidazole rings is 1. The molecule has 0 spiro atoms. The zero-order valence-electron chi connectivity index (χ0n) is 19.4. The van der Waals surface area contributed by atoms with Crippen molar-refractivity contribution < 1.29 is 9.59 Å². The topological polar surface area (TPSA) is 67.2 Å². The van der Waals surface area contributed by atoms with Crippen molar-refractivity contribution in [2.75, 3.05) is 19.6 Å². The first-order valence-electron chi connectivity index (χ1n) is 11.6. The lowest BCUT2D eigenvalue weighted by Gasteiger charge is -2.22. The van der Waals surface area contributed by atoms with E-state index in [0.717, 1.165) is 54.8 Å². The van der Waals surface area contributed by atoms with E-state index in [4.69, 9.17) is 4.98 Å². The number of nitrogens with one attached hydrogen (secondary N) is 1. The number of hydrogen-bond donors (Lipinski definition) is 1. The van der Waals surface area contributed by atoms with Crippen LogP contribution in [0.15, 0.2) is 48.5 Å². The molecule has 0 radical (unpaired) electrons. The maximum atomic E-state index is 13.0. The lowest BCUT2D eigenvalue weighted by molar-refractivity contribution is -0.131. The number of aryl methyl sites for hydroxylation is 2. The van der Waals surface area contributed by atoms with Gasteiger partial charge < -0.3 is 14.8 Å². The Hall–Kier alpha value is -3.15. The van der Waals surface area contributed by atoms with Crippen LogP contribution in [-0.4, -0.2) is 45.9 Å². The third kappa shape index (κ3) is 5.96. The molecule has 3 rings (SSSR count). The average molecular weight is 435 g/mol. The van der Waals surface area contributed by atoms with Crippen molar-refractivity contribution in [3.8, 4) is 0 Å². The van der Waals surface area contributed by atoms with Gasteiger partial charge in [0.15, 0.2) is 0 Å². The minimum absolute atomic E-state index is 0.0662. The third-order valence-electron chi connectivity index (χ3n) is 5.54. The van der Waals surface area contributed by atoms with Gasteiger partial charge in [-0.25, -0.2) is 4.98 Å². The van der Waals surface area contributed by atoms with E-state index in [2.05, 4.69) is 19.2 Å². The lowest BCUT2D eigenvalue weighted by atomic mass is 10.1. The molecule has 170 valence electrons. The number of fused-ring (bicyclic) bond motifs is 1. The van der Waals surface area contributed by atoms with Gasteiger partial charge in [-0.3, -0.25) is 9.59 Å². The zero-order valence-corrected chi connectivity index (χ0v) is 19.4. The molecule has 0 fully saturated rings. The first-order valence-corrected chi connectivity index (χ1v) is 11.6. The molecule has 2 aromatic carbocycles. The van der Waals surface area contributed by atoms with Crippen LogP contribution in [0.1, 0.15) is 54.9 Å². The molecule has 1 heterocycles. The fourth-order valence-electron chi connectivity index (χ4n) is 3.88. The molecule has 0 bridgehead atoms. The van der Waals surface area contributed by atoms with Crippen molar-refractivity contribution in [3.05, 3.63) is 65.5 Å². The van der Waals surface area contributed by atoms with Crippen LogP contribution in [0.3, 0.4) is 0 Å². The summed E-state index contributed by atoms with van der Waals surface area (Å²) in [6.07, 6.45) is 3.34. The van der Waals surface area contributed by atoms with E-state index >= 15 is 0 Å². The van der Waals surface area contributed by atoms with Gasteiger partial charge in [-0.05, 0) is 50.5 Å². The predicted molar refractivity (Wildman–Crippen MR) is 129 cm³/mol. The molecule has 0 atom stereocenters. The molecule has 0 unspecified atom stereocenters. The summed E-state index contributed by atoms with van der Waals surface area (Å²) in [6.45, 7) is 8.60. The summed E-state index contributed by atoms with van der Waals surface area (Å²) in [5.74, 6) is 0.950. The highest BCUT2D eigenvalue weighted by Gasteiger charge is 2.17. The molecule has 1 aromatic heterocycles. The molecule has 0 aliphatic heterocycles. The molecular weight excluding hydrogens is 400 g/mol. The van der Waals surface area contributed by atoms with Crippen LogP contribution in [0.2, 0.25) is 0 Å². The van der Waals surface area contributed by atoms with E-state index in [1.54, 1.807) is 0 Å². The Morgan fingerprint density at radius 1 is 1.00 bits per heavy atom. The summed E-state index contributed by atoms with van der Waals surface area (Å²) >= 11 is 0. The zero-order chi connectivity index (χ0) is 22.9. The molecule has 3 aromatic rings. The lowest BCUT2D eigenvalue weighted by Crippen LogP contribution is -2.35. The normalized spacial score (nSPS) is 11.0. The second-order valence-corrected chi connectivity index (χ2v) is 8.21. The van der Waals surface area contributed by atoms with E-state index in [-0.39, 0.29) is 11.8 Å². The second-order valence-electron chi connectivity index (χ2n) is 8.21. The first kappa shape index (κ1) is 23.5. The molecular formula is C26H34N4O2. The largest absolute Gasteiger partial charge is 0.352 e. The minimum Gasteiger partial charge on any atom is -0.352 e. The van der Waals surface area contributed by atoms with Crippen LogP contribution in [0.25, 0.3) is 11.0 Å². The Morgan fingerprint density at radius 2 is 1.69 bits per heavy atom. The summed E-state index contributed by atoms with van der Waals surface area (Å²) < 4.78 is 2.04. The van der Waals surface area contributed by atoms with Crippen LogP contribution in [-0.2, 0) is 17.8 Å². The van der Waals surface area contributed by atoms with Crippen LogP contribution in [0.4, 0.5) is 0 Å². The number of nitrogens with zero attached hydrogens (tertiary/aromatic N) is 3. The maximum absolute atomic E-state index is 13.0. The molecule has 32 heavy (non-hydrogen) atoms. The smallest absolute Gasteiger partial charge is 0.251 e. The maximum Gasteiger partial charge on any atom is 0.251 e. The molecule has 2 amide bonds. The number of carbonyl (C=O) groups excluding carboxylic acids is 2. The number of carbonyl (C=O) groups is 2. The van der Waals surface area contributed by atoms with E-state index in [1.807, 2.05) is 64.9 Å². The number of para-hydroxylation sites is 2.